The topological polar surface area (TPSA) is 77.1 Å². The fraction of sp³-hybridized carbons (Fsp3) is 0.136. The van der Waals surface area contributed by atoms with Crippen LogP contribution in [0.25, 0.3) is 22.2 Å². The molecule has 1 unspecified atom stereocenters. The number of nitrogens with zero attached hydrogens (tertiary/aromatic N) is 2. The third-order valence-electron chi connectivity index (χ3n) is 4.64. The summed E-state index contributed by atoms with van der Waals surface area (Å²) in [6.45, 7) is 1.60. The average molecular weight is 391 g/mol. The second kappa shape index (κ2) is 7.71. The Hall–Kier alpha value is -3.74. The Morgan fingerprint density at radius 3 is 2.59 bits per heavy atom. The molecular weight excluding hydrogens is 373 g/mol. The first kappa shape index (κ1) is 18.6. The molecule has 146 valence electrons. The Kier molecular flexibility index (Phi) is 4.95. The number of amides is 1. The van der Waals surface area contributed by atoms with Crippen LogP contribution in [0.5, 0.6) is 0 Å². The Labute approximate surface area is 165 Å². The molecule has 1 amide bonds. The van der Waals surface area contributed by atoms with Crippen molar-refractivity contribution in [1.82, 2.24) is 15.1 Å². The van der Waals surface area contributed by atoms with Gasteiger partial charge in [0.1, 0.15) is 12.4 Å². The number of benzene rings is 3. The summed E-state index contributed by atoms with van der Waals surface area (Å²) in [4.78, 5) is 24.4. The fourth-order valence-corrected chi connectivity index (χ4v) is 3.10. The molecule has 1 aromatic heterocycles. The van der Waals surface area contributed by atoms with Crippen LogP contribution in [-0.2, 0) is 11.3 Å². The third kappa shape index (κ3) is 4.08. The highest BCUT2D eigenvalue weighted by molar-refractivity contribution is 5.83. The van der Waals surface area contributed by atoms with Gasteiger partial charge in [-0.15, -0.1) is 5.10 Å². The van der Waals surface area contributed by atoms with Crippen LogP contribution < -0.4 is 11.1 Å². The maximum absolute atomic E-state index is 13.0. The number of halogens is 1. The van der Waals surface area contributed by atoms with Crippen molar-refractivity contribution in [2.75, 3.05) is 0 Å². The van der Waals surface area contributed by atoms with E-state index in [0.29, 0.717) is 5.56 Å². The number of aromatic nitrogens is 2. The van der Waals surface area contributed by atoms with E-state index in [1.54, 1.807) is 0 Å². The monoisotopic (exact) mass is 391 g/mol. The second-order valence-electron chi connectivity index (χ2n) is 6.73. The minimum Gasteiger partial charge on any atom is -0.388 e. The predicted octanol–water partition coefficient (Wildman–Crippen LogP) is 3.67. The zero-order valence-corrected chi connectivity index (χ0v) is 15.6. The highest BCUT2D eigenvalue weighted by atomic mass is 19.1. The summed E-state index contributed by atoms with van der Waals surface area (Å²) < 4.78 is 19.1. The van der Waals surface area contributed by atoms with Gasteiger partial charge in [-0.2, -0.15) is 4.68 Å². The summed E-state index contributed by atoms with van der Waals surface area (Å²) in [5.41, 5.74) is 1.41. The van der Waals surface area contributed by atoms with Gasteiger partial charge in [0.2, 0.25) is 11.8 Å². The molecule has 1 atom stereocenters. The van der Waals surface area contributed by atoms with E-state index >= 15 is 0 Å². The van der Waals surface area contributed by atoms with Gasteiger partial charge in [0.15, 0.2) is 0 Å². The molecule has 7 heteroatoms. The lowest BCUT2D eigenvalue weighted by Gasteiger charge is -2.15. The van der Waals surface area contributed by atoms with E-state index in [2.05, 4.69) is 10.4 Å². The third-order valence-corrected chi connectivity index (χ3v) is 4.64. The van der Waals surface area contributed by atoms with Gasteiger partial charge >= 0.3 is 5.76 Å². The molecule has 4 rings (SSSR count). The zero-order chi connectivity index (χ0) is 20.4. The maximum Gasteiger partial charge on any atom is 0.437 e. The maximum atomic E-state index is 13.0. The molecule has 0 saturated heterocycles. The zero-order valence-electron chi connectivity index (χ0n) is 15.6. The van der Waals surface area contributed by atoms with Crippen LogP contribution in [0, 0.1) is 5.82 Å². The molecule has 6 nitrogen and oxygen atoms in total. The summed E-state index contributed by atoms with van der Waals surface area (Å²) in [6, 6.07) is 19.1. The highest BCUT2D eigenvalue weighted by Crippen LogP contribution is 2.20. The number of carbonyl (C=O) groups excluding carboxylic acids is 1. The molecule has 0 bridgehead atoms. The lowest BCUT2D eigenvalue weighted by molar-refractivity contribution is -0.122. The van der Waals surface area contributed by atoms with E-state index in [-0.39, 0.29) is 24.4 Å². The molecule has 29 heavy (non-hydrogen) atoms. The van der Waals surface area contributed by atoms with Crippen LogP contribution in [0.2, 0.25) is 0 Å². The first-order chi connectivity index (χ1) is 14.0. The number of fused-ring (bicyclic) bond motifs is 1. The Morgan fingerprint density at radius 1 is 1.10 bits per heavy atom. The summed E-state index contributed by atoms with van der Waals surface area (Å²) in [5.74, 6) is -1.49. The van der Waals surface area contributed by atoms with Crippen LogP contribution in [0.1, 0.15) is 18.5 Å². The van der Waals surface area contributed by atoms with Gasteiger partial charge in [-0.25, -0.2) is 9.18 Å². The quantitative estimate of drug-likeness (QED) is 0.563. The number of nitrogens with one attached hydrogen (secondary N) is 1. The van der Waals surface area contributed by atoms with Crippen molar-refractivity contribution in [3.05, 3.63) is 88.7 Å². The standard InChI is InChI=1S/C22H18FN3O3/c1-14(17-7-6-15-4-2-3-5-18(15)12-17)24-20(27)13-26-22(28)29-21(25-26)16-8-10-19(23)11-9-16/h2-12,14H,13H2,1H3,(H,24,27). The summed E-state index contributed by atoms with van der Waals surface area (Å²) in [7, 11) is 0. The van der Waals surface area contributed by atoms with Crippen LogP contribution in [0.3, 0.4) is 0 Å². The SMILES string of the molecule is CC(NC(=O)Cn1nc(-c2ccc(F)cc2)oc1=O)c1ccc2ccccc2c1. The van der Waals surface area contributed by atoms with E-state index in [1.807, 2.05) is 49.4 Å². The van der Waals surface area contributed by atoms with Crippen LogP contribution in [0.15, 0.2) is 75.9 Å². The van der Waals surface area contributed by atoms with Crippen molar-refractivity contribution in [3.8, 4) is 11.5 Å². The first-order valence-electron chi connectivity index (χ1n) is 9.11. The molecule has 0 radical (unpaired) electrons. The van der Waals surface area contributed by atoms with E-state index in [0.717, 1.165) is 21.0 Å². The molecule has 0 saturated carbocycles. The second-order valence-corrected chi connectivity index (χ2v) is 6.73. The van der Waals surface area contributed by atoms with Crippen molar-refractivity contribution in [1.29, 1.82) is 0 Å². The average Bonchev–Trinajstić information content (AvgIpc) is 3.08. The van der Waals surface area contributed by atoms with E-state index < -0.39 is 11.6 Å². The molecule has 0 fully saturated rings. The number of rotatable bonds is 5. The van der Waals surface area contributed by atoms with Gasteiger partial charge < -0.3 is 9.73 Å². The van der Waals surface area contributed by atoms with Gasteiger partial charge in [-0.1, -0.05) is 36.4 Å². The lowest BCUT2D eigenvalue weighted by Crippen LogP contribution is -2.33. The Balaban J connectivity index is 1.46. The van der Waals surface area contributed by atoms with Crippen molar-refractivity contribution in [2.24, 2.45) is 0 Å². The van der Waals surface area contributed by atoms with Crippen LogP contribution in [0.4, 0.5) is 4.39 Å². The van der Waals surface area contributed by atoms with Crippen molar-refractivity contribution >= 4 is 16.7 Å². The summed E-state index contributed by atoms with van der Waals surface area (Å²) in [5, 5.41) is 9.10. The number of hydrogen-bond donors (Lipinski definition) is 1. The molecule has 1 N–H and O–H groups in total. The number of hydrogen-bond acceptors (Lipinski definition) is 4. The molecule has 4 aromatic rings. The Morgan fingerprint density at radius 2 is 1.83 bits per heavy atom. The van der Waals surface area contributed by atoms with Crippen LogP contribution >= 0.6 is 0 Å². The lowest BCUT2D eigenvalue weighted by atomic mass is 10.0. The minimum atomic E-state index is -0.752. The van der Waals surface area contributed by atoms with Crippen molar-refractivity contribution < 1.29 is 13.6 Å². The van der Waals surface area contributed by atoms with Crippen molar-refractivity contribution in [2.45, 2.75) is 19.5 Å². The molecular formula is C22H18FN3O3. The molecule has 3 aromatic carbocycles. The minimum absolute atomic E-state index is 0.0328. The van der Waals surface area contributed by atoms with E-state index in [4.69, 9.17) is 4.42 Å². The molecule has 0 spiro atoms. The normalized spacial score (nSPS) is 12.1. The summed E-state index contributed by atoms with van der Waals surface area (Å²) in [6.07, 6.45) is 0. The number of carbonyl (C=O) groups is 1. The molecule has 0 aliphatic carbocycles. The van der Waals surface area contributed by atoms with Crippen LogP contribution in [-0.4, -0.2) is 15.7 Å². The van der Waals surface area contributed by atoms with E-state index in [9.17, 15) is 14.0 Å². The summed E-state index contributed by atoms with van der Waals surface area (Å²) >= 11 is 0. The van der Waals surface area contributed by atoms with Gasteiger partial charge in [0, 0.05) is 5.56 Å². The first-order valence-corrected chi connectivity index (χ1v) is 9.11. The molecule has 1 heterocycles. The molecule has 0 aliphatic heterocycles. The fourth-order valence-electron chi connectivity index (χ4n) is 3.10. The van der Waals surface area contributed by atoms with Gasteiger partial charge in [-0.05, 0) is 53.6 Å². The van der Waals surface area contributed by atoms with Gasteiger partial charge in [-0.3, -0.25) is 4.79 Å². The van der Waals surface area contributed by atoms with Gasteiger partial charge in [0.25, 0.3) is 0 Å². The molecule has 0 aliphatic rings. The largest absolute Gasteiger partial charge is 0.437 e. The smallest absolute Gasteiger partial charge is 0.388 e. The Bertz CT molecular complexity index is 1230. The van der Waals surface area contributed by atoms with Gasteiger partial charge in [0.05, 0.1) is 6.04 Å². The van der Waals surface area contributed by atoms with E-state index in [1.165, 1.54) is 24.3 Å². The van der Waals surface area contributed by atoms with Crippen molar-refractivity contribution in [3.63, 3.8) is 0 Å². The predicted molar refractivity (Wildman–Crippen MR) is 107 cm³/mol. The highest BCUT2D eigenvalue weighted by Gasteiger charge is 2.15.